The number of hydrogen-bond acceptors (Lipinski definition) is 15. The van der Waals surface area contributed by atoms with Crippen molar-refractivity contribution < 1.29 is 74.1 Å². The lowest BCUT2D eigenvalue weighted by Crippen LogP contribution is -2.68. The van der Waals surface area contributed by atoms with Gasteiger partial charge in [-0.2, -0.15) is 0 Å². The first-order chi connectivity index (χ1) is 17.4. The van der Waals surface area contributed by atoms with Gasteiger partial charge in [-0.25, -0.2) is 0 Å². The summed E-state index contributed by atoms with van der Waals surface area (Å²) in [5.41, 5.74) is 0. The van der Waals surface area contributed by atoms with E-state index in [0.29, 0.717) is 0 Å². The van der Waals surface area contributed by atoms with E-state index in [1.54, 1.807) is 0 Å². The Hall–Kier alpha value is -1.09. The lowest BCUT2D eigenvalue weighted by molar-refractivity contribution is -0.380. The summed E-state index contributed by atoms with van der Waals surface area (Å²) < 4.78 is 32.9. The quantitative estimate of drug-likeness (QED) is 0.138. The average molecular weight is 544 g/mol. The number of carbonyl (C=O) groups is 1. The molecule has 0 spiro atoms. The minimum absolute atomic E-state index is 0.198. The summed E-state index contributed by atoms with van der Waals surface area (Å²) in [6, 6.07) is -1.38. The van der Waals surface area contributed by atoms with Crippen molar-refractivity contribution >= 4 is 5.91 Å². The maximum Gasteiger partial charge on any atom is 0.217 e. The summed E-state index contributed by atoms with van der Waals surface area (Å²) >= 11 is 0. The third-order valence-electron chi connectivity index (χ3n) is 6.61. The molecule has 3 saturated heterocycles. The number of aliphatic hydroxyl groups excluding tert-OH is 8. The van der Waals surface area contributed by atoms with Crippen LogP contribution in [0.4, 0.5) is 0 Å². The number of rotatable bonds is 8. The Labute approximate surface area is 212 Å². The third kappa shape index (κ3) is 6.56. The van der Waals surface area contributed by atoms with Gasteiger partial charge in [-0.05, 0) is 6.92 Å². The summed E-state index contributed by atoms with van der Waals surface area (Å²) in [4.78, 5) is 11.8. The van der Waals surface area contributed by atoms with Gasteiger partial charge in [-0.15, -0.1) is 0 Å². The fourth-order valence-electron chi connectivity index (χ4n) is 4.53. The Balaban J connectivity index is 1.89. The second-order valence-electron chi connectivity index (χ2n) is 9.33. The SMILES string of the molecule is COC[C@H]1OC(O)[C@H](O[C@@H]2O[C@@H](C)[C@@H](O)[C@@H](O)[C@@H]2O)[C@@H](O[C@H]2O[C@H](CO)[C@H](O)[C@H](O)[C@H]2NC(C)=O)[C@H]1O. The number of amides is 1. The molecule has 0 aromatic carbocycles. The molecule has 0 aliphatic carbocycles. The fraction of sp³-hybridized carbons (Fsp3) is 0.952. The highest BCUT2D eigenvalue weighted by molar-refractivity contribution is 5.73. The minimum Gasteiger partial charge on any atom is -0.394 e. The van der Waals surface area contributed by atoms with Crippen LogP contribution in [0, 0.1) is 0 Å². The zero-order valence-electron chi connectivity index (χ0n) is 20.5. The van der Waals surface area contributed by atoms with Crippen LogP contribution in [0.1, 0.15) is 13.8 Å². The first kappa shape index (κ1) is 30.5. The molecule has 216 valence electrons. The predicted octanol–water partition coefficient (Wildman–Crippen LogP) is -5.75. The van der Waals surface area contributed by atoms with Crippen LogP contribution < -0.4 is 5.32 Å². The van der Waals surface area contributed by atoms with E-state index in [0.717, 1.165) is 6.92 Å². The Morgan fingerprint density at radius 3 is 2.03 bits per heavy atom. The van der Waals surface area contributed by atoms with Crippen molar-refractivity contribution in [3.05, 3.63) is 0 Å². The third-order valence-corrected chi connectivity index (χ3v) is 6.61. The molecular formula is C21H37NO15. The zero-order chi connectivity index (χ0) is 27.6. The lowest BCUT2D eigenvalue weighted by Gasteiger charge is -2.48. The van der Waals surface area contributed by atoms with Crippen LogP contribution in [-0.2, 0) is 33.2 Å². The van der Waals surface area contributed by atoms with Gasteiger partial charge in [0.25, 0.3) is 0 Å². The molecule has 0 radical (unpaired) electrons. The summed E-state index contributed by atoms with van der Waals surface area (Å²) in [5, 5.41) is 84.9. The maximum atomic E-state index is 11.8. The van der Waals surface area contributed by atoms with E-state index in [1.807, 2.05) is 0 Å². The molecule has 37 heavy (non-hydrogen) atoms. The van der Waals surface area contributed by atoms with E-state index >= 15 is 0 Å². The van der Waals surface area contributed by atoms with Crippen molar-refractivity contribution in [3.8, 4) is 0 Å². The van der Waals surface area contributed by atoms with Crippen LogP contribution in [0.3, 0.4) is 0 Å². The smallest absolute Gasteiger partial charge is 0.217 e. The zero-order valence-corrected chi connectivity index (χ0v) is 20.5. The summed E-state index contributed by atoms with van der Waals surface area (Å²) in [6.45, 7) is 1.63. The van der Waals surface area contributed by atoms with Crippen molar-refractivity contribution in [1.82, 2.24) is 5.32 Å². The highest BCUT2D eigenvalue weighted by Crippen LogP contribution is 2.32. The number of methoxy groups -OCH3 is 1. The number of nitrogens with one attached hydrogen (secondary N) is 1. The Kier molecular flexibility index (Phi) is 10.6. The molecule has 16 heteroatoms. The molecule has 3 heterocycles. The summed E-state index contributed by atoms with van der Waals surface area (Å²) in [5.74, 6) is -0.617. The van der Waals surface area contributed by atoms with Crippen LogP contribution in [-0.4, -0.2) is 159 Å². The topological polar surface area (TPSA) is 246 Å². The first-order valence-electron chi connectivity index (χ1n) is 11.8. The number of aliphatic hydroxyl groups is 8. The second kappa shape index (κ2) is 12.8. The van der Waals surface area contributed by atoms with Crippen LogP contribution in [0.15, 0.2) is 0 Å². The summed E-state index contributed by atoms with van der Waals surface area (Å²) in [6.07, 6.45) is -21.3. The summed E-state index contributed by atoms with van der Waals surface area (Å²) in [7, 11) is 1.32. The molecule has 3 aliphatic heterocycles. The minimum atomic E-state index is -1.81. The largest absolute Gasteiger partial charge is 0.394 e. The number of hydrogen-bond donors (Lipinski definition) is 9. The molecule has 15 atom stereocenters. The van der Waals surface area contributed by atoms with Gasteiger partial charge in [0.15, 0.2) is 18.9 Å². The first-order valence-corrected chi connectivity index (χ1v) is 11.8. The van der Waals surface area contributed by atoms with E-state index in [4.69, 9.17) is 28.4 Å². The average Bonchev–Trinajstić information content (AvgIpc) is 2.85. The lowest BCUT2D eigenvalue weighted by atomic mass is 9.95. The molecule has 0 aromatic heterocycles. The maximum absolute atomic E-state index is 11.8. The predicted molar refractivity (Wildman–Crippen MR) is 116 cm³/mol. The molecule has 16 nitrogen and oxygen atoms in total. The van der Waals surface area contributed by atoms with Gasteiger partial charge in [0.05, 0.1) is 19.3 Å². The van der Waals surface area contributed by atoms with E-state index in [2.05, 4.69) is 5.32 Å². The van der Waals surface area contributed by atoms with E-state index in [9.17, 15) is 45.6 Å². The molecule has 0 bridgehead atoms. The van der Waals surface area contributed by atoms with Gasteiger partial charge in [-0.3, -0.25) is 4.79 Å². The van der Waals surface area contributed by atoms with E-state index in [-0.39, 0.29) is 6.61 Å². The normalized spacial score (nSPS) is 49.0. The molecule has 1 amide bonds. The molecule has 1 unspecified atom stereocenters. The Morgan fingerprint density at radius 1 is 0.784 bits per heavy atom. The van der Waals surface area contributed by atoms with Gasteiger partial charge in [0.2, 0.25) is 5.91 Å². The highest BCUT2D eigenvalue weighted by Gasteiger charge is 2.54. The van der Waals surface area contributed by atoms with Gasteiger partial charge >= 0.3 is 0 Å². The van der Waals surface area contributed by atoms with Crippen molar-refractivity contribution in [2.24, 2.45) is 0 Å². The molecule has 3 rings (SSSR count). The van der Waals surface area contributed by atoms with Crippen molar-refractivity contribution in [3.63, 3.8) is 0 Å². The Morgan fingerprint density at radius 2 is 1.43 bits per heavy atom. The highest BCUT2D eigenvalue weighted by atomic mass is 16.8. The molecule has 9 N–H and O–H groups in total. The molecule has 0 aromatic rings. The van der Waals surface area contributed by atoms with Crippen LogP contribution in [0.5, 0.6) is 0 Å². The molecule has 0 saturated carbocycles. The Bertz CT molecular complexity index is 747. The molecule has 3 fully saturated rings. The van der Waals surface area contributed by atoms with E-state index in [1.165, 1.54) is 14.0 Å². The molecule has 3 aliphatic rings. The standard InChI is InChI=1S/C21H37NO15/c1-6-11(25)15(29)16(30)21(33-6)37-18-17(13(27)9(5-32-3)34-19(18)31)36-20-10(22-7(2)24)14(28)12(26)8(4-23)35-20/h6,8-21,23,25-31H,4-5H2,1-3H3,(H,22,24)/t6-,8+,9+,10+,11+,12-,13-,14+,15+,16-,17-,18+,19?,20+,21-/m0/s1. The van der Waals surface area contributed by atoms with Gasteiger partial charge in [-0.1, -0.05) is 0 Å². The van der Waals surface area contributed by atoms with Crippen LogP contribution in [0.2, 0.25) is 0 Å². The van der Waals surface area contributed by atoms with Crippen molar-refractivity contribution in [1.29, 1.82) is 0 Å². The number of ether oxygens (including phenoxy) is 6. The van der Waals surface area contributed by atoms with Crippen LogP contribution >= 0.6 is 0 Å². The van der Waals surface area contributed by atoms with Gasteiger partial charge < -0.3 is 74.6 Å². The molecular weight excluding hydrogens is 506 g/mol. The number of carbonyl (C=O) groups excluding carboxylic acids is 1. The second-order valence-corrected chi connectivity index (χ2v) is 9.33. The monoisotopic (exact) mass is 543 g/mol. The fourth-order valence-corrected chi connectivity index (χ4v) is 4.53. The van der Waals surface area contributed by atoms with Crippen molar-refractivity contribution in [2.45, 2.75) is 106 Å². The van der Waals surface area contributed by atoms with Gasteiger partial charge in [0.1, 0.15) is 67.1 Å². The van der Waals surface area contributed by atoms with E-state index < -0.39 is 105 Å². The van der Waals surface area contributed by atoms with Crippen molar-refractivity contribution in [2.75, 3.05) is 20.3 Å². The van der Waals surface area contributed by atoms with Gasteiger partial charge in [0, 0.05) is 14.0 Å². The van der Waals surface area contributed by atoms with Crippen LogP contribution in [0.25, 0.3) is 0 Å².